The molecule has 2 aromatic rings. The normalized spacial score (nSPS) is 11.2. The maximum Gasteiger partial charge on any atom is 0.416 e. The number of rotatable bonds is 4. The van der Waals surface area contributed by atoms with Gasteiger partial charge in [-0.3, -0.25) is 4.79 Å². The Kier molecular flexibility index (Phi) is 5.38. The molecule has 0 aliphatic heterocycles. The SMILES string of the molecule is O=C(CNc1ccc(C(F)(F)F)cc1)Nc1ccc(Cl)cc1Cl. The second kappa shape index (κ2) is 7.10. The van der Waals surface area contributed by atoms with E-state index in [2.05, 4.69) is 10.6 Å². The minimum atomic E-state index is -4.39. The number of benzene rings is 2. The summed E-state index contributed by atoms with van der Waals surface area (Å²) >= 11 is 11.7. The average molecular weight is 363 g/mol. The summed E-state index contributed by atoms with van der Waals surface area (Å²) in [6.45, 7) is -0.121. The molecule has 2 N–H and O–H groups in total. The number of hydrogen-bond acceptors (Lipinski definition) is 2. The first-order valence-corrected chi connectivity index (χ1v) is 7.17. The lowest BCUT2D eigenvalue weighted by molar-refractivity contribution is -0.137. The molecule has 0 aliphatic carbocycles. The zero-order chi connectivity index (χ0) is 17.0. The smallest absolute Gasteiger partial charge is 0.376 e. The van der Waals surface area contributed by atoms with Crippen molar-refractivity contribution < 1.29 is 18.0 Å². The third-order valence-electron chi connectivity index (χ3n) is 2.87. The molecule has 0 aliphatic rings. The first-order valence-electron chi connectivity index (χ1n) is 6.42. The molecule has 0 fully saturated rings. The van der Waals surface area contributed by atoms with Gasteiger partial charge in [-0.05, 0) is 42.5 Å². The van der Waals surface area contributed by atoms with Crippen LogP contribution in [0.5, 0.6) is 0 Å². The predicted octanol–water partition coefficient (Wildman–Crippen LogP) is 5.06. The standard InChI is InChI=1S/C15H11Cl2F3N2O/c16-10-3-6-13(12(17)7-10)22-14(23)8-21-11-4-1-9(2-5-11)15(18,19)20/h1-7,21H,8H2,(H,22,23). The van der Waals surface area contributed by atoms with E-state index < -0.39 is 17.6 Å². The van der Waals surface area contributed by atoms with Crippen molar-refractivity contribution in [2.24, 2.45) is 0 Å². The van der Waals surface area contributed by atoms with Crippen molar-refractivity contribution in [2.75, 3.05) is 17.2 Å². The number of amides is 1. The maximum atomic E-state index is 12.4. The highest BCUT2D eigenvalue weighted by molar-refractivity contribution is 6.36. The van der Waals surface area contributed by atoms with Crippen LogP contribution in [-0.2, 0) is 11.0 Å². The lowest BCUT2D eigenvalue weighted by Gasteiger charge is -2.10. The van der Waals surface area contributed by atoms with E-state index in [0.29, 0.717) is 21.4 Å². The fourth-order valence-corrected chi connectivity index (χ4v) is 2.20. The van der Waals surface area contributed by atoms with Crippen LogP contribution in [0.4, 0.5) is 24.5 Å². The van der Waals surface area contributed by atoms with E-state index in [0.717, 1.165) is 12.1 Å². The molecule has 1 amide bonds. The lowest BCUT2D eigenvalue weighted by Crippen LogP contribution is -2.22. The van der Waals surface area contributed by atoms with Gasteiger partial charge >= 0.3 is 6.18 Å². The summed E-state index contributed by atoms with van der Waals surface area (Å²) in [7, 11) is 0. The number of anilines is 2. The van der Waals surface area contributed by atoms with Gasteiger partial charge in [-0.15, -0.1) is 0 Å². The van der Waals surface area contributed by atoms with Gasteiger partial charge in [0.25, 0.3) is 0 Å². The third kappa shape index (κ3) is 5.04. The second-order valence-electron chi connectivity index (χ2n) is 4.60. The summed E-state index contributed by atoms with van der Waals surface area (Å²) in [5.41, 5.74) is 0.0473. The third-order valence-corrected chi connectivity index (χ3v) is 3.42. The van der Waals surface area contributed by atoms with Crippen molar-refractivity contribution in [1.82, 2.24) is 0 Å². The van der Waals surface area contributed by atoms with Gasteiger partial charge in [-0.2, -0.15) is 13.2 Å². The fourth-order valence-electron chi connectivity index (χ4n) is 1.74. The van der Waals surface area contributed by atoms with E-state index in [1.165, 1.54) is 18.2 Å². The van der Waals surface area contributed by atoms with Gasteiger partial charge in [0, 0.05) is 10.7 Å². The molecule has 0 radical (unpaired) electrons. The topological polar surface area (TPSA) is 41.1 Å². The molecule has 0 spiro atoms. The minimum Gasteiger partial charge on any atom is -0.376 e. The van der Waals surface area contributed by atoms with Crippen LogP contribution in [0, 0.1) is 0 Å². The predicted molar refractivity (Wildman–Crippen MR) is 85.0 cm³/mol. The summed E-state index contributed by atoms with van der Waals surface area (Å²) in [6, 6.07) is 9.01. The monoisotopic (exact) mass is 362 g/mol. The molecule has 3 nitrogen and oxygen atoms in total. The summed E-state index contributed by atoms with van der Waals surface area (Å²) < 4.78 is 37.3. The lowest BCUT2D eigenvalue weighted by atomic mass is 10.2. The zero-order valence-electron chi connectivity index (χ0n) is 11.5. The fraction of sp³-hybridized carbons (Fsp3) is 0.133. The Hall–Kier alpha value is -1.92. The molecule has 0 heterocycles. The molecule has 8 heteroatoms. The zero-order valence-corrected chi connectivity index (χ0v) is 13.1. The van der Waals surface area contributed by atoms with Crippen molar-refractivity contribution in [3.05, 3.63) is 58.1 Å². The van der Waals surface area contributed by atoms with Crippen LogP contribution in [0.15, 0.2) is 42.5 Å². The molecule has 0 aromatic heterocycles. The largest absolute Gasteiger partial charge is 0.416 e. The number of halogens is 5. The number of nitrogens with one attached hydrogen (secondary N) is 2. The van der Waals surface area contributed by atoms with Gasteiger partial charge in [-0.25, -0.2) is 0 Å². The molecule has 0 bridgehead atoms. The molecule has 0 unspecified atom stereocenters. The Balaban J connectivity index is 1.91. The van der Waals surface area contributed by atoms with Crippen LogP contribution in [-0.4, -0.2) is 12.5 Å². The number of carbonyl (C=O) groups is 1. The van der Waals surface area contributed by atoms with Crippen molar-refractivity contribution in [1.29, 1.82) is 0 Å². The number of carbonyl (C=O) groups excluding carboxylic acids is 1. The van der Waals surface area contributed by atoms with Crippen LogP contribution in [0.2, 0.25) is 10.0 Å². The molecular weight excluding hydrogens is 352 g/mol. The molecule has 0 saturated carbocycles. The van der Waals surface area contributed by atoms with Gasteiger partial charge < -0.3 is 10.6 Å². The Labute approximate surface area is 140 Å². The summed E-state index contributed by atoms with van der Waals surface area (Å²) in [5.74, 6) is -0.394. The Morgan fingerprint density at radius 3 is 2.26 bits per heavy atom. The maximum absolute atomic E-state index is 12.4. The van der Waals surface area contributed by atoms with E-state index in [1.54, 1.807) is 12.1 Å². The van der Waals surface area contributed by atoms with Crippen molar-refractivity contribution in [3.63, 3.8) is 0 Å². The summed E-state index contributed by atoms with van der Waals surface area (Å²) in [6.07, 6.45) is -4.39. The van der Waals surface area contributed by atoms with Crippen LogP contribution in [0.1, 0.15) is 5.56 Å². The number of hydrogen-bond donors (Lipinski definition) is 2. The van der Waals surface area contributed by atoms with E-state index >= 15 is 0 Å². The molecule has 2 rings (SSSR count). The molecule has 122 valence electrons. The average Bonchev–Trinajstić information content (AvgIpc) is 2.47. The first kappa shape index (κ1) is 17.4. The first-order chi connectivity index (χ1) is 10.8. The van der Waals surface area contributed by atoms with Crippen molar-refractivity contribution >= 4 is 40.5 Å². The quantitative estimate of drug-likeness (QED) is 0.797. The van der Waals surface area contributed by atoms with E-state index in [-0.39, 0.29) is 6.54 Å². The summed E-state index contributed by atoms with van der Waals surface area (Å²) in [5, 5.41) is 6.03. The Morgan fingerprint density at radius 2 is 1.70 bits per heavy atom. The van der Waals surface area contributed by atoms with E-state index in [4.69, 9.17) is 23.2 Å². The molecular formula is C15H11Cl2F3N2O. The van der Waals surface area contributed by atoms with Crippen LogP contribution >= 0.6 is 23.2 Å². The highest BCUT2D eigenvalue weighted by atomic mass is 35.5. The highest BCUT2D eigenvalue weighted by Gasteiger charge is 2.29. The number of alkyl halides is 3. The molecule has 23 heavy (non-hydrogen) atoms. The van der Waals surface area contributed by atoms with Gasteiger partial charge in [-0.1, -0.05) is 23.2 Å². The van der Waals surface area contributed by atoms with E-state index in [9.17, 15) is 18.0 Å². The van der Waals surface area contributed by atoms with Gasteiger partial charge in [0.1, 0.15) is 0 Å². The van der Waals surface area contributed by atoms with Crippen LogP contribution < -0.4 is 10.6 Å². The molecule has 2 aromatic carbocycles. The molecule has 0 saturated heterocycles. The van der Waals surface area contributed by atoms with Crippen molar-refractivity contribution in [2.45, 2.75) is 6.18 Å². The van der Waals surface area contributed by atoms with E-state index in [1.807, 2.05) is 0 Å². The van der Waals surface area contributed by atoms with Crippen LogP contribution in [0.3, 0.4) is 0 Å². The molecule has 0 atom stereocenters. The van der Waals surface area contributed by atoms with Gasteiger partial charge in [0.2, 0.25) is 5.91 Å². The van der Waals surface area contributed by atoms with Crippen LogP contribution in [0.25, 0.3) is 0 Å². The summed E-state index contributed by atoms with van der Waals surface area (Å²) in [4.78, 5) is 11.8. The second-order valence-corrected chi connectivity index (χ2v) is 5.44. The Morgan fingerprint density at radius 1 is 1.04 bits per heavy atom. The van der Waals surface area contributed by atoms with Gasteiger partial charge in [0.15, 0.2) is 0 Å². The minimum absolute atomic E-state index is 0.121. The highest BCUT2D eigenvalue weighted by Crippen LogP contribution is 2.29. The van der Waals surface area contributed by atoms with Crippen molar-refractivity contribution in [3.8, 4) is 0 Å². The Bertz CT molecular complexity index is 703. The van der Waals surface area contributed by atoms with Gasteiger partial charge in [0.05, 0.1) is 22.8 Å².